The molecule has 0 bridgehead atoms. The largest absolute Gasteiger partial charge is 0.504 e. The molecule has 0 unspecified atom stereocenters. The van der Waals surface area contributed by atoms with Crippen LogP contribution in [0.3, 0.4) is 0 Å². The Morgan fingerprint density at radius 2 is 1.52 bits per heavy atom. The summed E-state index contributed by atoms with van der Waals surface area (Å²) in [6, 6.07) is 8.02. The van der Waals surface area contributed by atoms with Crippen LogP contribution >= 0.6 is 0 Å². The number of phenolic OH excluding ortho intramolecular Hbond substituents is 4. The van der Waals surface area contributed by atoms with Gasteiger partial charge in [-0.1, -0.05) is 6.07 Å². The number of aromatic hydroxyl groups is 4. The maximum atomic E-state index is 11.6. The van der Waals surface area contributed by atoms with Crippen molar-refractivity contribution in [3.63, 3.8) is 0 Å². The lowest BCUT2D eigenvalue weighted by Crippen LogP contribution is -1.98. The molecule has 1 aromatic heterocycles. The average Bonchev–Trinajstić information content (AvgIpc) is 2.45. The molecule has 4 N–H and O–H groups in total. The molecule has 0 aliphatic heterocycles. The molecule has 1 heterocycles. The normalized spacial score (nSPS) is 10.9. The van der Waals surface area contributed by atoms with Gasteiger partial charge in [0.2, 0.25) is 5.75 Å². The topological polar surface area (TPSA) is 111 Å². The lowest BCUT2D eigenvalue weighted by molar-refractivity contribution is 0.397. The summed E-state index contributed by atoms with van der Waals surface area (Å²) in [6.07, 6.45) is 0. The second-order valence-corrected chi connectivity index (χ2v) is 4.49. The molecule has 21 heavy (non-hydrogen) atoms. The minimum atomic E-state index is -0.717. The molecular formula is C15H10O6. The van der Waals surface area contributed by atoms with Gasteiger partial charge >= 0.3 is 5.63 Å². The van der Waals surface area contributed by atoms with Crippen LogP contribution in [-0.2, 0) is 0 Å². The lowest BCUT2D eigenvalue weighted by Gasteiger charge is -2.08. The van der Waals surface area contributed by atoms with Crippen LogP contribution in [0.1, 0.15) is 0 Å². The smallest absolute Gasteiger partial charge is 0.336 e. The molecule has 106 valence electrons. The van der Waals surface area contributed by atoms with Crippen molar-refractivity contribution >= 4 is 11.0 Å². The van der Waals surface area contributed by atoms with Crippen LogP contribution < -0.4 is 5.63 Å². The van der Waals surface area contributed by atoms with E-state index in [0.717, 1.165) is 0 Å². The molecule has 2 aromatic carbocycles. The molecule has 0 saturated carbocycles. The summed E-state index contributed by atoms with van der Waals surface area (Å²) in [5, 5.41) is 38.5. The predicted molar refractivity (Wildman–Crippen MR) is 74.6 cm³/mol. The third kappa shape index (κ3) is 2.02. The number of hydrogen-bond donors (Lipinski definition) is 4. The highest BCUT2D eigenvalue weighted by atomic mass is 16.4. The van der Waals surface area contributed by atoms with E-state index in [9.17, 15) is 25.2 Å². The summed E-state index contributed by atoms with van der Waals surface area (Å²) >= 11 is 0. The fourth-order valence-corrected chi connectivity index (χ4v) is 2.13. The Kier molecular flexibility index (Phi) is 2.72. The quantitative estimate of drug-likeness (QED) is 0.403. The fourth-order valence-electron chi connectivity index (χ4n) is 2.13. The van der Waals surface area contributed by atoms with Gasteiger partial charge in [-0.05, 0) is 29.8 Å². The molecular weight excluding hydrogens is 276 g/mol. The number of phenols is 4. The molecule has 6 nitrogen and oxygen atoms in total. The molecule has 3 rings (SSSR count). The first-order valence-corrected chi connectivity index (χ1v) is 5.98. The molecule has 0 spiro atoms. The Balaban J connectivity index is 2.39. The number of fused-ring (bicyclic) bond motifs is 1. The lowest BCUT2D eigenvalue weighted by atomic mass is 10.0. The minimum absolute atomic E-state index is 0.148. The van der Waals surface area contributed by atoms with E-state index in [0.29, 0.717) is 16.5 Å². The van der Waals surface area contributed by atoms with Gasteiger partial charge in [-0.25, -0.2) is 4.79 Å². The molecule has 6 heteroatoms. The first-order chi connectivity index (χ1) is 9.97. The van der Waals surface area contributed by atoms with Gasteiger partial charge in [0.05, 0.1) is 0 Å². The average molecular weight is 286 g/mol. The van der Waals surface area contributed by atoms with Crippen molar-refractivity contribution < 1.29 is 24.8 Å². The number of rotatable bonds is 1. The highest BCUT2D eigenvalue weighted by molar-refractivity contribution is 5.97. The van der Waals surface area contributed by atoms with E-state index < -0.39 is 17.1 Å². The van der Waals surface area contributed by atoms with Crippen molar-refractivity contribution in [2.45, 2.75) is 0 Å². The van der Waals surface area contributed by atoms with Gasteiger partial charge in [0.25, 0.3) is 0 Å². The molecule has 0 atom stereocenters. The first kappa shape index (κ1) is 12.9. The van der Waals surface area contributed by atoms with Crippen LogP contribution in [0.25, 0.3) is 22.1 Å². The minimum Gasteiger partial charge on any atom is -0.504 e. The van der Waals surface area contributed by atoms with E-state index >= 15 is 0 Å². The van der Waals surface area contributed by atoms with E-state index in [1.165, 1.54) is 36.4 Å². The second-order valence-electron chi connectivity index (χ2n) is 4.49. The molecule has 0 radical (unpaired) electrons. The summed E-state index contributed by atoms with van der Waals surface area (Å²) in [4.78, 5) is 11.6. The van der Waals surface area contributed by atoms with Gasteiger partial charge in [0, 0.05) is 17.0 Å². The van der Waals surface area contributed by atoms with Gasteiger partial charge < -0.3 is 24.8 Å². The zero-order chi connectivity index (χ0) is 15.1. The molecule has 3 aromatic rings. The van der Waals surface area contributed by atoms with Crippen molar-refractivity contribution in [3.8, 4) is 34.1 Å². The summed E-state index contributed by atoms with van der Waals surface area (Å²) in [5.74, 6) is -1.56. The molecule has 0 aliphatic carbocycles. The van der Waals surface area contributed by atoms with Crippen LogP contribution in [-0.4, -0.2) is 20.4 Å². The van der Waals surface area contributed by atoms with Crippen LogP contribution in [0.2, 0.25) is 0 Å². The highest BCUT2D eigenvalue weighted by Gasteiger charge is 2.14. The maximum absolute atomic E-state index is 11.6. The van der Waals surface area contributed by atoms with Gasteiger partial charge in [-0.15, -0.1) is 0 Å². The number of hydrogen-bond acceptors (Lipinski definition) is 6. The zero-order valence-corrected chi connectivity index (χ0v) is 10.6. The van der Waals surface area contributed by atoms with E-state index in [1.54, 1.807) is 0 Å². The van der Waals surface area contributed by atoms with E-state index in [2.05, 4.69) is 0 Å². The summed E-state index contributed by atoms with van der Waals surface area (Å²) in [6.45, 7) is 0. The van der Waals surface area contributed by atoms with Crippen molar-refractivity contribution in [3.05, 3.63) is 46.8 Å². The van der Waals surface area contributed by atoms with Crippen molar-refractivity contribution in [1.29, 1.82) is 0 Å². The molecule has 0 aliphatic rings. The van der Waals surface area contributed by atoms with Gasteiger partial charge in [0.15, 0.2) is 22.8 Å². The molecule has 0 fully saturated rings. The van der Waals surface area contributed by atoms with Crippen LogP contribution in [0.4, 0.5) is 0 Å². The number of benzene rings is 2. The van der Waals surface area contributed by atoms with Crippen LogP contribution in [0, 0.1) is 0 Å². The highest BCUT2D eigenvalue weighted by Crippen LogP contribution is 2.38. The Bertz CT molecular complexity index is 910. The van der Waals surface area contributed by atoms with Crippen LogP contribution in [0.5, 0.6) is 23.0 Å². The van der Waals surface area contributed by atoms with Crippen LogP contribution in [0.15, 0.2) is 45.6 Å². The van der Waals surface area contributed by atoms with Gasteiger partial charge in [-0.3, -0.25) is 0 Å². The van der Waals surface area contributed by atoms with E-state index in [1.807, 2.05) is 0 Å². The summed E-state index contributed by atoms with van der Waals surface area (Å²) in [5.41, 5.74) is -0.0174. The Hall–Kier alpha value is -3.15. The Morgan fingerprint density at radius 3 is 2.24 bits per heavy atom. The Labute approximate surface area is 117 Å². The zero-order valence-electron chi connectivity index (χ0n) is 10.6. The maximum Gasteiger partial charge on any atom is 0.336 e. The first-order valence-electron chi connectivity index (χ1n) is 5.98. The van der Waals surface area contributed by atoms with Gasteiger partial charge in [0.1, 0.15) is 0 Å². The van der Waals surface area contributed by atoms with Gasteiger partial charge in [-0.2, -0.15) is 0 Å². The SMILES string of the molecule is O=c1cc(-c2ccc(O)c(O)c2)c2ccc(O)c(O)c2o1. The fraction of sp³-hybridized carbons (Fsp3) is 0. The van der Waals surface area contributed by atoms with E-state index in [-0.39, 0.29) is 17.1 Å². The Morgan fingerprint density at radius 1 is 0.810 bits per heavy atom. The predicted octanol–water partition coefficient (Wildman–Crippen LogP) is 2.28. The molecule has 0 saturated heterocycles. The van der Waals surface area contributed by atoms with Crippen molar-refractivity contribution in [1.82, 2.24) is 0 Å². The van der Waals surface area contributed by atoms with E-state index in [4.69, 9.17) is 4.42 Å². The summed E-state index contributed by atoms with van der Waals surface area (Å²) in [7, 11) is 0. The van der Waals surface area contributed by atoms with Crippen molar-refractivity contribution in [2.75, 3.05) is 0 Å². The molecule has 0 amide bonds. The third-order valence-corrected chi connectivity index (χ3v) is 3.15. The monoisotopic (exact) mass is 286 g/mol. The van der Waals surface area contributed by atoms with Crippen molar-refractivity contribution in [2.24, 2.45) is 0 Å². The second kappa shape index (κ2) is 4.45. The third-order valence-electron chi connectivity index (χ3n) is 3.15. The standard InChI is InChI=1S/C15H10O6/c16-10-3-1-7(5-12(10)18)9-6-13(19)21-15-8(9)2-4-11(17)14(15)20/h1-6,16-18,20H. The summed E-state index contributed by atoms with van der Waals surface area (Å²) < 4.78 is 4.91.